The van der Waals surface area contributed by atoms with Gasteiger partial charge in [0.2, 0.25) is 0 Å². The van der Waals surface area contributed by atoms with Crippen LogP contribution in [0, 0.1) is 0 Å². The molecule has 1 aromatic carbocycles. The number of carbonyl (C=O) groups is 1. The van der Waals surface area contributed by atoms with Crippen molar-refractivity contribution in [2.75, 3.05) is 24.5 Å². The second-order valence-electron chi connectivity index (χ2n) is 5.14. The number of rotatable bonds is 0. The maximum Gasteiger partial charge on any atom is 0.256 e. The molecule has 102 valence electrons. The number of anilines is 1. The standard InChI is InChI=1S/C13H15Cl2N3O/c1-13-4-5-16-6-7-18(13)9-3-2-8(14)11(15)10(9)12(19)17-13/h2-3,16H,4-7H2,1H3,(H,17,19)/t13-/m1/s1. The third-order valence-electron chi connectivity index (χ3n) is 3.87. The quantitative estimate of drug-likeness (QED) is 0.772. The highest BCUT2D eigenvalue weighted by Gasteiger charge is 2.41. The molecule has 0 bridgehead atoms. The number of amides is 1. The van der Waals surface area contributed by atoms with Crippen molar-refractivity contribution in [3.05, 3.63) is 27.7 Å². The molecule has 2 N–H and O–H groups in total. The SMILES string of the molecule is C[C@]12CCNCCN1c1ccc(Cl)c(Cl)c1C(=O)N2. The summed E-state index contributed by atoms with van der Waals surface area (Å²) in [5, 5.41) is 7.15. The molecule has 1 fully saturated rings. The van der Waals surface area contributed by atoms with Crippen molar-refractivity contribution in [1.82, 2.24) is 10.6 Å². The molecule has 2 heterocycles. The van der Waals surface area contributed by atoms with Crippen LogP contribution in [0.25, 0.3) is 0 Å². The molecule has 0 saturated carbocycles. The number of hydrogen-bond donors (Lipinski definition) is 2. The molecule has 6 heteroatoms. The molecule has 0 aliphatic carbocycles. The predicted octanol–water partition coefficient (Wildman–Crippen LogP) is 2.25. The van der Waals surface area contributed by atoms with Crippen molar-refractivity contribution in [3.8, 4) is 0 Å². The summed E-state index contributed by atoms with van der Waals surface area (Å²) in [5.41, 5.74) is 0.975. The van der Waals surface area contributed by atoms with Gasteiger partial charge >= 0.3 is 0 Å². The van der Waals surface area contributed by atoms with E-state index in [-0.39, 0.29) is 11.6 Å². The first kappa shape index (κ1) is 13.0. The molecule has 2 aliphatic rings. The van der Waals surface area contributed by atoms with Crippen LogP contribution < -0.4 is 15.5 Å². The fourth-order valence-corrected chi connectivity index (χ4v) is 3.24. The number of nitrogens with zero attached hydrogens (tertiary/aromatic N) is 1. The Morgan fingerprint density at radius 1 is 1.32 bits per heavy atom. The Balaban J connectivity index is 2.17. The topological polar surface area (TPSA) is 44.4 Å². The van der Waals surface area contributed by atoms with Crippen LogP contribution in [0.1, 0.15) is 23.7 Å². The maximum absolute atomic E-state index is 12.3. The fourth-order valence-electron chi connectivity index (χ4n) is 2.83. The van der Waals surface area contributed by atoms with Crippen LogP contribution in [0.2, 0.25) is 10.0 Å². The van der Waals surface area contributed by atoms with Crippen LogP contribution in [-0.2, 0) is 0 Å². The number of nitrogens with one attached hydrogen (secondary N) is 2. The summed E-state index contributed by atoms with van der Waals surface area (Å²) in [6.07, 6.45) is 0.846. The third-order valence-corrected chi connectivity index (χ3v) is 4.67. The van der Waals surface area contributed by atoms with Crippen LogP contribution in [0.3, 0.4) is 0 Å². The molecule has 19 heavy (non-hydrogen) atoms. The van der Waals surface area contributed by atoms with E-state index in [0.717, 1.165) is 31.7 Å². The van der Waals surface area contributed by atoms with Crippen LogP contribution >= 0.6 is 23.2 Å². The fraction of sp³-hybridized carbons (Fsp3) is 0.462. The van der Waals surface area contributed by atoms with Gasteiger partial charge in [0, 0.05) is 19.5 Å². The van der Waals surface area contributed by atoms with Crippen LogP contribution in [-0.4, -0.2) is 31.2 Å². The van der Waals surface area contributed by atoms with Crippen LogP contribution in [0.15, 0.2) is 12.1 Å². The Hall–Kier alpha value is -0.970. The monoisotopic (exact) mass is 299 g/mol. The van der Waals surface area contributed by atoms with Gasteiger partial charge in [-0.1, -0.05) is 23.2 Å². The van der Waals surface area contributed by atoms with Gasteiger partial charge in [-0.15, -0.1) is 0 Å². The van der Waals surface area contributed by atoms with E-state index in [4.69, 9.17) is 23.2 Å². The summed E-state index contributed by atoms with van der Waals surface area (Å²) in [7, 11) is 0. The molecule has 2 aliphatic heterocycles. The number of halogens is 2. The van der Waals surface area contributed by atoms with E-state index in [2.05, 4.69) is 15.5 Å². The summed E-state index contributed by atoms with van der Waals surface area (Å²) in [5.74, 6) is -0.150. The summed E-state index contributed by atoms with van der Waals surface area (Å²) in [6.45, 7) is 4.63. The van der Waals surface area contributed by atoms with Crippen LogP contribution in [0.4, 0.5) is 5.69 Å². The summed E-state index contributed by atoms with van der Waals surface area (Å²) >= 11 is 12.2. The van der Waals surface area contributed by atoms with Crippen molar-refractivity contribution in [2.45, 2.75) is 19.0 Å². The number of carbonyl (C=O) groups excluding carboxylic acids is 1. The summed E-state index contributed by atoms with van der Waals surface area (Å²) in [4.78, 5) is 14.5. The normalized spacial score (nSPS) is 26.3. The molecular formula is C13H15Cl2N3O. The van der Waals surface area contributed by atoms with E-state index >= 15 is 0 Å². The summed E-state index contributed by atoms with van der Waals surface area (Å²) < 4.78 is 0. The minimum Gasteiger partial charge on any atom is -0.347 e. The molecule has 1 aromatic rings. The van der Waals surface area contributed by atoms with Crippen molar-refractivity contribution >= 4 is 34.8 Å². The number of hydrogen-bond acceptors (Lipinski definition) is 3. The van der Waals surface area contributed by atoms with Gasteiger partial charge in [-0.2, -0.15) is 0 Å². The van der Waals surface area contributed by atoms with E-state index < -0.39 is 0 Å². The lowest BCUT2D eigenvalue weighted by Crippen LogP contribution is -2.62. The Bertz CT molecular complexity index is 549. The van der Waals surface area contributed by atoms with E-state index in [1.165, 1.54) is 0 Å². The van der Waals surface area contributed by atoms with Gasteiger partial charge < -0.3 is 15.5 Å². The first-order valence-electron chi connectivity index (χ1n) is 6.32. The lowest BCUT2D eigenvalue weighted by Gasteiger charge is -2.46. The minimum atomic E-state index is -0.370. The van der Waals surface area contributed by atoms with Crippen molar-refractivity contribution in [3.63, 3.8) is 0 Å². The van der Waals surface area contributed by atoms with E-state index in [1.54, 1.807) is 6.07 Å². The highest BCUT2D eigenvalue weighted by Crippen LogP contribution is 2.39. The molecule has 1 amide bonds. The Kier molecular flexibility index (Phi) is 3.12. The zero-order chi connectivity index (χ0) is 13.6. The van der Waals surface area contributed by atoms with Gasteiger partial charge in [0.15, 0.2) is 0 Å². The second-order valence-corrected chi connectivity index (χ2v) is 5.92. The molecule has 4 nitrogen and oxygen atoms in total. The zero-order valence-electron chi connectivity index (χ0n) is 10.6. The van der Waals surface area contributed by atoms with E-state index in [0.29, 0.717) is 15.6 Å². The van der Waals surface area contributed by atoms with Gasteiger partial charge in [-0.3, -0.25) is 4.79 Å². The number of benzene rings is 1. The van der Waals surface area contributed by atoms with Crippen molar-refractivity contribution in [2.24, 2.45) is 0 Å². The van der Waals surface area contributed by atoms with Crippen molar-refractivity contribution < 1.29 is 4.79 Å². The second kappa shape index (κ2) is 4.54. The highest BCUT2D eigenvalue weighted by atomic mass is 35.5. The molecule has 3 rings (SSSR count). The lowest BCUT2D eigenvalue weighted by molar-refractivity contribution is 0.0887. The molecular weight excluding hydrogens is 285 g/mol. The lowest BCUT2D eigenvalue weighted by atomic mass is 9.98. The predicted molar refractivity (Wildman–Crippen MR) is 77.2 cm³/mol. The largest absolute Gasteiger partial charge is 0.347 e. The first-order valence-corrected chi connectivity index (χ1v) is 7.07. The number of fused-ring (bicyclic) bond motifs is 3. The third kappa shape index (κ3) is 1.98. The Morgan fingerprint density at radius 2 is 2.11 bits per heavy atom. The smallest absolute Gasteiger partial charge is 0.256 e. The minimum absolute atomic E-state index is 0.150. The summed E-state index contributed by atoms with van der Waals surface area (Å²) in [6, 6.07) is 3.63. The van der Waals surface area contributed by atoms with E-state index in [9.17, 15) is 4.79 Å². The van der Waals surface area contributed by atoms with Gasteiger partial charge in [-0.05, 0) is 25.6 Å². The van der Waals surface area contributed by atoms with Crippen molar-refractivity contribution in [1.29, 1.82) is 0 Å². The zero-order valence-corrected chi connectivity index (χ0v) is 12.1. The Labute approximate surface area is 122 Å². The Morgan fingerprint density at radius 3 is 2.89 bits per heavy atom. The maximum atomic E-state index is 12.3. The molecule has 1 saturated heterocycles. The van der Waals surface area contributed by atoms with Gasteiger partial charge in [0.1, 0.15) is 5.66 Å². The molecule has 0 unspecified atom stereocenters. The molecule has 0 radical (unpaired) electrons. The molecule has 1 atom stereocenters. The van der Waals surface area contributed by atoms with Crippen LogP contribution in [0.5, 0.6) is 0 Å². The van der Waals surface area contributed by atoms with Gasteiger partial charge in [0.25, 0.3) is 5.91 Å². The molecule has 0 aromatic heterocycles. The average molecular weight is 300 g/mol. The van der Waals surface area contributed by atoms with E-state index in [1.807, 2.05) is 13.0 Å². The first-order chi connectivity index (χ1) is 9.03. The highest BCUT2D eigenvalue weighted by molar-refractivity contribution is 6.44. The molecule has 0 spiro atoms. The van der Waals surface area contributed by atoms with Gasteiger partial charge in [0.05, 0.1) is 21.3 Å². The van der Waals surface area contributed by atoms with Gasteiger partial charge in [-0.25, -0.2) is 0 Å². The average Bonchev–Trinajstić information content (AvgIpc) is 2.54.